The maximum Gasteiger partial charge on any atom is 0.413 e. The number of carbonyl (C=O) groups excluding carboxylic acids is 1. The number of ether oxygens (including phenoxy) is 2. The van der Waals surface area contributed by atoms with Crippen molar-refractivity contribution in [3.05, 3.63) is 45.3 Å². The molecule has 1 amide bonds. The van der Waals surface area contributed by atoms with Crippen molar-refractivity contribution in [3.63, 3.8) is 0 Å². The maximum atomic E-state index is 12.3. The average molecular weight is 407 g/mol. The molecule has 0 fully saturated rings. The maximum absolute atomic E-state index is 12.3. The summed E-state index contributed by atoms with van der Waals surface area (Å²) in [4.78, 5) is 29.2. The van der Waals surface area contributed by atoms with Gasteiger partial charge in [-0.25, -0.2) is 4.79 Å². The molecule has 0 aromatic heterocycles. The number of methoxy groups -OCH3 is 1. The Balaban J connectivity index is 2.19. The topological polar surface area (TPSA) is 106 Å². The lowest BCUT2D eigenvalue weighted by atomic mass is 10.2. The van der Waals surface area contributed by atoms with Crippen LogP contribution in [0, 0.1) is 10.1 Å². The van der Waals surface area contributed by atoms with Crippen molar-refractivity contribution < 1.29 is 19.2 Å². The molecule has 1 aliphatic heterocycles. The molecule has 0 saturated heterocycles. The van der Waals surface area contributed by atoms with E-state index in [-0.39, 0.29) is 5.69 Å². The largest absolute Gasteiger partial charge is 0.443 e. The van der Waals surface area contributed by atoms with E-state index in [0.29, 0.717) is 29.9 Å². The smallest absolute Gasteiger partial charge is 0.413 e. The predicted molar refractivity (Wildman–Crippen MR) is 110 cm³/mol. The Morgan fingerprint density at radius 3 is 2.75 bits per heavy atom. The van der Waals surface area contributed by atoms with Gasteiger partial charge in [-0.1, -0.05) is 6.07 Å². The van der Waals surface area contributed by atoms with E-state index >= 15 is 0 Å². The lowest BCUT2D eigenvalue weighted by Gasteiger charge is -2.27. The zero-order valence-corrected chi connectivity index (χ0v) is 18.2. The Labute approximate surface area is 166 Å². The summed E-state index contributed by atoms with van der Waals surface area (Å²) in [7, 11) is 2.43. The number of hydrogen-bond donors (Lipinski definition) is 1. The van der Waals surface area contributed by atoms with E-state index in [9.17, 15) is 14.9 Å². The Kier molecular flexibility index (Phi) is 6.92. The second-order valence-electron chi connectivity index (χ2n) is 7.36. The van der Waals surface area contributed by atoms with Gasteiger partial charge in [0.25, 0.3) is 5.69 Å². The Morgan fingerprint density at radius 2 is 2.14 bits per heavy atom. The molecule has 9 nitrogen and oxygen atoms in total. The summed E-state index contributed by atoms with van der Waals surface area (Å²) in [6.07, 6.45) is 1.92. The van der Waals surface area contributed by atoms with E-state index in [0.717, 1.165) is 5.32 Å². The third kappa shape index (κ3) is 5.89. The van der Waals surface area contributed by atoms with Crippen LogP contribution in [-0.2, 0) is 16.1 Å². The summed E-state index contributed by atoms with van der Waals surface area (Å²) in [6, 6.07) is 4.86. The van der Waals surface area contributed by atoms with Gasteiger partial charge in [0.15, 0.2) is 0 Å². The highest BCUT2D eigenvalue weighted by Crippen LogP contribution is 2.26. The predicted octanol–water partition coefficient (Wildman–Crippen LogP) is 2.40. The van der Waals surface area contributed by atoms with Crippen LogP contribution < -0.4 is 5.32 Å². The van der Waals surface area contributed by atoms with Gasteiger partial charge < -0.3 is 14.8 Å². The van der Waals surface area contributed by atoms with E-state index in [1.807, 2.05) is 20.8 Å². The zero-order chi connectivity index (χ0) is 20.9. The molecule has 1 heterocycles. The molecule has 28 heavy (non-hydrogen) atoms. The standard InChI is InChI=1S/C18H26N4O5Si/c1-18(2,3)27-17(23)21(4)16-9-15(19-11-28-16)20-13-7-6-12(10-26-5)8-14(13)22(24)25/h6-9H,10-11,28H2,1-5H3,(H,19,20). The van der Waals surface area contributed by atoms with Crippen LogP contribution in [-0.4, -0.2) is 57.2 Å². The van der Waals surface area contributed by atoms with Gasteiger partial charge in [0.1, 0.15) is 26.6 Å². The van der Waals surface area contributed by atoms with Crippen molar-refractivity contribution in [1.82, 2.24) is 4.90 Å². The molecule has 2 rings (SSSR count). The highest BCUT2D eigenvalue weighted by molar-refractivity contribution is 6.48. The average Bonchev–Trinajstić information content (AvgIpc) is 2.61. The first-order valence-corrected chi connectivity index (χ1v) is 10.6. The first-order chi connectivity index (χ1) is 13.1. The van der Waals surface area contributed by atoms with E-state index < -0.39 is 26.1 Å². The van der Waals surface area contributed by atoms with Gasteiger partial charge in [-0.3, -0.25) is 20.0 Å². The molecule has 1 aromatic rings. The molecule has 0 spiro atoms. The first-order valence-electron chi connectivity index (χ1n) is 8.85. The third-order valence-corrected chi connectivity index (χ3v) is 5.52. The first kappa shape index (κ1) is 21.6. The second-order valence-corrected chi connectivity index (χ2v) is 9.03. The van der Waals surface area contributed by atoms with Crippen LogP contribution in [0.2, 0.25) is 0 Å². The fraction of sp³-hybridized carbons (Fsp3) is 0.444. The van der Waals surface area contributed by atoms with E-state index in [1.54, 1.807) is 25.3 Å². The molecular formula is C18H26N4O5Si. The monoisotopic (exact) mass is 406 g/mol. The van der Waals surface area contributed by atoms with Gasteiger partial charge in [0, 0.05) is 31.7 Å². The molecule has 10 heteroatoms. The molecular weight excluding hydrogens is 380 g/mol. The number of hydrogen-bond acceptors (Lipinski definition) is 7. The minimum absolute atomic E-state index is 0.0597. The zero-order valence-electron chi connectivity index (χ0n) is 16.8. The number of nitro groups is 1. The number of anilines is 1. The Bertz CT molecular complexity index is 817. The summed E-state index contributed by atoms with van der Waals surface area (Å²) < 4.78 is 10.4. The Morgan fingerprint density at radius 1 is 1.43 bits per heavy atom. The van der Waals surface area contributed by atoms with Gasteiger partial charge in [-0.15, -0.1) is 0 Å². The second kappa shape index (κ2) is 8.98. The van der Waals surface area contributed by atoms with Crippen LogP contribution in [0.5, 0.6) is 0 Å². The summed E-state index contributed by atoms with van der Waals surface area (Å²) >= 11 is 0. The molecule has 1 aliphatic rings. The lowest BCUT2D eigenvalue weighted by molar-refractivity contribution is -0.384. The normalized spacial score (nSPS) is 14.9. The number of nitrogens with one attached hydrogen (secondary N) is 1. The lowest BCUT2D eigenvalue weighted by Crippen LogP contribution is -2.37. The third-order valence-electron chi connectivity index (χ3n) is 3.88. The van der Waals surface area contributed by atoms with Gasteiger partial charge in [0.2, 0.25) is 0 Å². The SMILES string of the molecule is COCc1ccc(NC2=NC[SiH2]C(N(C)C(=O)OC(C)(C)C)=C2)c([N+](=O)[O-])c1. The molecule has 0 unspecified atom stereocenters. The van der Waals surface area contributed by atoms with Crippen molar-refractivity contribution >= 4 is 32.8 Å². The molecule has 0 saturated carbocycles. The number of carbonyl (C=O) groups is 1. The van der Waals surface area contributed by atoms with Crippen LogP contribution in [0.15, 0.2) is 34.6 Å². The number of nitrogens with zero attached hydrogens (tertiary/aromatic N) is 3. The molecule has 1 N–H and O–H groups in total. The van der Waals surface area contributed by atoms with Gasteiger partial charge in [0.05, 0.1) is 11.5 Å². The highest BCUT2D eigenvalue weighted by Gasteiger charge is 2.24. The number of nitro benzene ring substituents is 1. The summed E-state index contributed by atoms with van der Waals surface area (Å²) in [5.41, 5.74) is 0.402. The number of amidine groups is 1. The number of rotatable bonds is 5. The summed E-state index contributed by atoms with van der Waals surface area (Å²) in [5, 5.41) is 15.3. The van der Waals surface area contributed by atoms with Gasteiger partial charge in [-0.2, -0.15) is 0 Å². The Hall–Kier alpha value is -2.72. The molecule has 1 aromatic carbocycles. The fourth-order valence-corrected chi connectivity index (χ4v) is 3.97. The summed E-state index contributed by atoms with van der Waals surface area (Å²) in [5.74, 6) is 0.478. The van der Waals surface area contributed by atoms with Crippen molar-refractivity contribution in [3.8, 4) is 0 Å². The molecule has 0 aliphatic carbocycles. The number of benzene rings is 1. The van der Waals surface area contributed by atoms with Gasteiger partial charge in [-0.05, 0) is 38.5 Å². The van der Waals surface area contributed by atoms with Crippen LogP contribution >= 0.6 is 0 Å². The van der Waals surface area contributed by atoms with E-state index in [1.165, 1.54) is 18.1 Å². The number of aliphatic imine (C=N–C) groups is 1. The highest BCUT2D eigenvalue weighted by atomic mass is 28.2. The summed E-state index contributed by atoms with van der Waals surface area (Å²) in [6.45, 7) is 5.73. The minimum atomic E-state index is -0.772. The van der Waals surface area contributed by atoms with Crippen LogP contribution in [0.1, 0.15) is 26.3 Å². The van der Waals surface area contributed by atoms with Crippen molar-refractivity contribution in [2.45, 2.75) is 33.0 Å². The van der Waals surface area contributed by atoms with Crippen LogP contribution in [0.4, 0.5) is 16.2 Å². The van der Waals surface area contributed by atoms with E-state index in [2.05, 4.69) is 10.3 Å². The molecule has 0 atom stereocenters. The van der Waals surface area contributed by atoms with Crippen LogP contribution in [0.25, 0.3) is 0 Å². The van der Waals surface area contributed by atoms with Gasteiger partial charge >= 0.3 is 6.09 Å². The molecule has 0 radical (unpaired) electrons. The van der Waals surface area contributed by atoms with Crippen molar-refractivity contribution in [2.24, 2.45) is 4.99 Å². The van der Waals surface area contributed by atoms with E-state index in [4.69, 9.17) is 9.47 Å². The fourth-order valence-electron chi connectivity index (χ4n) is 2.58. The van der Waals surface area contributed by atoms with Crippen LogP contribution in [0.3, 0.4) is 0 Å². The molecule has 0 bridgehead atoms. The number of amides is 1. The van der Waals surface area contributed by atoms with Crippen molar-refractivity contribution in [1.29, 1.82) is 0 Å². The quantitative estimate of drug-likeness (QED) is 0.457. The minimum Gasteiger partial charge on any atom is -0.443 e. The van der Waals surface area contributed by atoms with Crippen molar-refractivity contribution in [2.75, 3.05) is 25.6 Å². The molecule has 152 valence electrons.